The van der Waals surface area contributed by atoms with Crippen molar-refractivity contribution in [2.24, 2.45) is 0 Å². The van der Waals surface area contributed by atoms with E-state index in [1.165, 1.54) is 35.2 Å². The van der Waals surface area contributed by atoms with Crippen LogP contribution in [-0.2, 0) is 26.2 Å². The number of nitrogens with one attached hydrogen (secondary N) is 1. The maximum Gasteiger partial charge on any atom is 0.264 e. The molecule has 0 unspecified atom stereocenters. The monoisotopic (exact) mass is 635 g/mol. The second-order valence-electron chi connectivity index (χ2n) is 10.1. The molecule has 0 bridgehead atoms. The number of amides is 2. The predicted molar refractivity (Wildman–Crippen MR) is 164 cm³/mol. The highest BCUT2D eigenvalue weighted by molar-refractivity contribution is 7.92. The lowest BCUT2D eigenvalue weighted by molar-refractivity contribution is -0.139. The molecule has 0 heterocycles. The Balaban J connectivity index is 1.68. The number of hydrogen-bond acceptors (Lipinski definition) is 4. The molecule has 218 valence electrons. The Morgan fingerprint density at radius 2 is 1.49 bits per heavy atom. The number of carbonyl (C=O) groups is 2. The van der Waals surface area contributed by atoms with Crippen LogP contribution in [0.5, 0.6) is 0 Å². The molecule has 0 saturated heterocycles. The molecule has 11 heteroatoms. The van der Waals surface area contributed by atoms with Gasteiger partial charge in [-0.25, -0.2) is 8.42 Å². The van der Waals surface area contributed by atoms with E-state index in [4.69, 9.17) is 34.8 Å². The fourth-order valence-electron chi connectivity index (χ4n) is 4.87. The summed E-state index contributed by atoms with van der Waals surface area (Å²) in [4.78, 5) is 28.8. The zero-order chi connectivity index (χ0) is 29.6. The van der Waals surface area contributed by atoms with Crippen LogP contribution in [0.1, 0.15) is 44.6 Å². The van der Waals surface area contributed by atoms with Crippen LogP contribution in [0.15, 0.2) is 77.7 Å². The second-order valence-corrected chi connectivity index (χ2v) is 13.3. The summed E-state index contributed by atoms with van der Waals surface area (Å²) in [6.07, 6.45) is 5.01. The highest BCUT2D eigenvalue weighted by Gasteiger charge is 2.33. The van der Waals surface area contributed by atoms with Crippen LogP contribution >= 0.6 is 34.8 Å². The molecule has 0 spiro atoms. The van der Waals surface area contributed by atoms with E-state index in [1.54, 1.807) is 49.4 Å². The van der Waals surface area contributed by atoms with Crippen LogP contribution < -0.4 is 9.62 Å². The van der Waals surface area contributed by atoms with Gasteiger partial charge in [0, 0.05) is 27.7 Å². The smallest absolute Gasteiger partial charge is 0.264 e. The van der Waals surface area contributed by atoms with Gasteiger partial charge in [0.15, 0.2) is 0 Å². The summed E-state index contributed by atoms with van der Waals surface area (Å²) in [5, 5.41) is 4.05. The number of anilines is 1. The van der Waals surface area contributed by atoms with E-state index in [0.29, 0.717) is 5.02 Å². The first-order chi connectivity index (χ1) is 19.5. The van der Waals surface area contributed by atoms with Gasteiger partial charge in [-0.2, -0.15) is 0 Å². The van der Waals surface area contributed by atoms with E-state index in [1.807, 2.05) is 0 Å². The molecule has 1 aliphatic rings. The molecule has 7 nitrogen and oxygen atoms in total. The number of sulfonamides is 1. The van der Waals surface area contributed by atoms with Gasteiger partial charge >= 0.3 is 0 Å². The van der Waals surface area contributed by atoms with Gasteiger partial charge in [-0.3, -0.25) is 13.9 Å². The van der Waals surface area contributed by atoms with Gasteiger partial charge in [0.2, 0.25) is 11.8 Å². The summed E-state index contributed by atoms with van der Waals surface area (Å²) in [5.41, 5.74) is 0.869. The summed E-state index contributed by atoms with van der Waals surface area (Å²) >= 11 is 18.5. The quantitative estimate of drug-likeness (QED) is 0.268. The molecule has 4 rings (SSSR count). The average molecular weight is 637 g/mol. The number of halogens is 3. The van der Waals surface area contributed by atoms with Gasteiger partial charge in [0.25, 0.3) is 10.0 Å². The Morgan fingerprint density at radius 1 is 0.878 bits per heavy atom. The lowest BCUT2D eigenvalue weighted by Gasteiger charge is -2.33. The Labute approximate surface area is 256 Å². The van der Waals surface area contributed by atoms with Crippen LogP contribution in [-0.4, -0.2) is 43.8 Å². The molecule has 2 amide bonds. The van der Waals surface area contributed by atoms with Crippen molar-refractivity contribution in [1.29, 1.82) is 0 Å². The lowest BCUT2D eigenvalue weighted by atomic mass is 9.95. The first-order valence-electron chi connectivity index (χ1n) is 13.4. The highest BCUT2D eigenvalue weighted by Crippen LogP contribution is 2.30. The summed E-state index contributed by atoms with van der Waals surface area (Å²) in [5.74, 6) is -0.857. The van der Waals surface area contributed by atoms with Crippen molar-refractivity contribution < 1.29 is 18.0 Å². The maximum absolute atomic E-state index is 14.0. The number of nitrogens with zero attached hydrogens (tertiary/aromatic N) is 2. The molecular weight excluding hydrogens is 605 g/mol. The molecule has 1 aliphatic carbocycles. The van der Waals surface area contributed by atoms with Crippen molar-refractivity contribution in [3.8, 4) is 0 Å². The minimum absolute atomic E-state index is 0.00348. The molecule has 0 aliphatic heterocycles. The molecule has 1 fully saturated rings. The lowest BCUT2D eigenvalue weighted by Crippen LogP contribution is -2.53. The number of hydrogen-bond donors (Lipinski definition) is 1. The van der Waals surface area contributed by atoms with Gasteiger partial charge in [-0.15, -0.1) is 0 Å². The predicted octanol–water partition coefficient (Wildman–Crippen LogP) is 6.71. The first kappa shape index (κ1) is 31.2. The molecule has 3 aromatic rings. The Bertz CT molecular complexity index is 1440. The summed E-state index contributed by atoms with van der Waals surface area (Å²) in [6.45, 7) is 1.14. The van der Waals surface area contributed by atoms with Gasteiger partial charge in [-0.1, -0.05) is 84.4 Å². The fraction of sp³-hybridized carbons (Fsp3) is 0.333. The zero-order valence-electron chi connectivity index (χ0n) is 22.6. The molecule has 0 radical (unpaired) electrons. The van der Waals surface area contributed by atoms with Crippen molar-refractivity contribution >= 4 is 62.3 Å². The Morgan fingerprint density at radius 3 is 2.10 bits per heavy atom. The van der Waals surface area contributed by atoms with Crippen LogP contribution in [0.25, 0.3) is 0 Å². The van der Waals surface area contributed by atoms with Crippen LogP contribution in [0.4, 0.5) is 5.69 Å². The highest BCUT2D eigenvalue weighted by atomic mass is 35.5. The van der Waals surface area contributed by atoms with E-state index < -0.39 is 28.5 Å². The van der Waals surface area contributed by atoms with Gasteiger partial charge in [0.05, 0.1) is 10.6 Å². The van der Waals surface area contributed by atoms with Crippen LogP contribution in [0, 0.1) is 0 Å². The van der Waals surface area contributed by atoms with E-state index in [-0.39, 0.29) is 39.1 Å². The van der Waals surface area contributed by atoms with Gasteiger partial charge in [-0.05, 0) is 67.8 Å². The number of benzene rings is 3. The minimum atomic E-state index is -4.21. The second kappa shape index (κ2) is 13.9. The molecule has 1 N–H and O–H groups in total. The normalized spacial score (nSPS) is 14.7. The number of carbonyl (C=O) groups excluding carboxylic acids is 2. The number of rotatable bonds is 10. The molecule has 1 saturated carbocycles. The maximum atomic E-state index is 14.0. The largest absolute Gasteiger partial charge is 0.352 e. The Hall–Kier alpha value is -2.78. The summed E-state index contributed by atoms with van der Waals surface area (Å²) in [6, 6.07) is 18.3. The molecule has 0 aromatic heterocycles. The molecule has 3 aromatic carbocycles. The molecule has 1 atom stereocenters. The van der Waals surface area contributed by atoms with Gasteiger partial charge in [0.1, 0.15) is 12.6 Å². The Kier molecular flexibility index (Phi) is 10.6. The van der Waals surface area contributed by atoms with Crippen molar-refractivity contribution in [3.05, 3.63) is 93.4 Å². The third kappa shape index (κ3) is 8.16. The van der Waals surface area contributed by atoms with E-state index in [9.17, 15) is 18.0 Å². The van der Waals surface area contributed by atoms with Crippen LogP contribution in [0.3, 0.4) is 0 Å². The van der Waals surface area contributed by atoms with E-state index in [2.05, 4.69) is 5.32 Å². The van der Waals surface area contributed by atoms with Crippen molar-refractivity contribution in [3.63, 3.8) is 0 Å². The summed E-state index contributed by atoms with van der Waals surface area (Å²) < 4.78 is 28.7. The van der Waals surface area contributed by atoms with E-state index in [0.717, 1.165) is 42.0 Å². The molecular formula is C30H32Cl3N3O4S. The third-order valence-corrected chi connectivity index (χ3v) is 9.61. The SMILES string of the molecule is C[C@@H](C(=O)NC1CCCCC1)N(Cc1ccc(Cl)cc1)C(=O)CN(c1cc(Cl)cc(Cl)c1)S(=O)(=O)c1ccccc1. The van der Waals surface area contributed by atoms with E-state index >= 15 is 0 Å². The summed E-state index contributed by atoms with van der Waals surface area (Å²) in [7, 11) is -4.21. The van der Waals surface area contributed by atoms with Gasteiger partial charge < -0.3 is 10.2 Å². The van der Waals surface area contributed by atoms with Crippen LogP contribution in [0.2, 0.25) is 15.1 Å². The zero-order valence-corrected chi connectivity index (χ0v) is 25.7. The third-order valence-electron chi connectivity index (χ3n) is 7.13. The van der Waals surface area contributed by atoms with Crippen molar-refractivity contribution in [2.45, 2.75) is 62.6 Å². The fourth-order valence-corrected chi connectivity index (χ4v) is 6.93. The van der Waals surface area contributed by atoms with Crippen molar-refractivity contribution in [1.82, 2.24) is 10.2 Å². The first-order valence-corrected chi connectivity index (χ1v) is 16.0. The minimum Gasteiger partial charge on any atom is -0.352 e. The topological polar surface area (TPSA) is 86.8 Å². The molecule has 41 heavy (non-hydrogen) atoms. The van der Waals surface area contributed by atoms with Crippen molar-refractivity contribution in [2.75, 3.05) is 10.8 Å². The standard InChI is InChI=1S/C30H32Cl3N3O4S/c1-21(30(38)34-26-8-4-2-5-9-26)35(19-22-12-14-23(31)15-13-22)29(37)20-36(27-17-24(32)16-25(33)18-27)41(39,40)28-10-6-3-7-11-28/h3,6-7,10-18,21,26H,2,4-5,8-9,19-20H2,1H3,(H,34,38)/t21-/m0/s1. The average Bonchev–Trinajstić information content (AvgIpc) is 2.95.